The van der Waals surface area contributed by atoms with E-state index in [4.69, 9.17) is 11.6 Å². The van der Waals surface area contributed by atoms with Gasteiger partial charge in [-0.3, -0.25) is 0 Å². The highest BCUT2D eigenvalue weighted by Gasteiger charge is 2.35. The minimum absolute atomic E-state index is 0.250. The third kappa shape index (κ3) is 3.77. The van der Waals surface area contributed by atoms with Crippen molar-refractivity contribution < 1.29 is 17.0 Å². The normalized spacial score (nSPS) is 26.7. The van der Waals surface area contributed by atoms with E-state index in [0.717, 1.165) is 12.3 Å². The number of amidine groups is 1. The Hall–Kier alpha value is -0.660. The highest BCUT2D eigenvalue weighted by molar-refractivity contribution is 7.86. The summed E-state index contributed by atoms with van der Waals surface area (Å²) < 4.78 is 39.5. The Bertz CT molecular complexity index is 420. The molecule has 86 valence electrons. The smallest absolute Gasteiger partial charge is 0.334 e. The minimum atomic E-state index is -3.95. The molecule has 1 unspecified atom stereocenters. The Labute approximate surface area is 92.1 Å². The molecule has 1 heterocycles. The average Bonchev–Trinajstić information content (AvgIpc) is 1.97. The maximum Gasteiger partial charge on any atom is 0.346 e. The van der Waals surface area contributed by atoms with E-state index in [1.54, 1.807) is 6.92 Å². The molecule has 0 aliphatic carbocycles. The summed E-state index contributed by atoms with van der Waals surface area (Å²) in [5, 5.41) is 2.32. The van der Waals surface area contributed by atoms with Crippen LogP contribution >= 0.6 is 11.6 Å². The van der Waals surface area contributed by atoms with Gasteiger partial charge in [0.05, 0.1) is 6.26 Å². The fourth-order valence-electron chi connectivity index (χ4n) is 1.02. The number of aliphatic imine (C=N–C) groups is 1. The zero-order valence-corrected chi connectivity index (χ0v) is 9.69. The molecular formula is C7H10ClFN2O3S. The zero-order chi connectivity index (χ0) is 11.7. The molecule has 0 fully saturated rings. The molecule has 15 heavy (non-hydrogen) atoms. The zero-order valence-electron chi connectivity index (χ0n) is 8.12. The lowest BCUT2D eigenvalue weighted by Gasteiger charge is -2.22. The fourth-order valence-corrected chi connectivity index (χ4v) is 1.77. The van der Waals surface area contributed by atoms with Crippen LogP contribution in [0.2, 0.25) is 0 Å². The highest BCUT2D eigenvalue weighted by atomic mass is 35.5. The first-order valence-electron chi connectivity index (χ1n) is 4.08. The minimum Gasteiger partial charge on any atom is -0.334 e. The van der Waals surface area contributed by atoms with Gasteiger partial charge in [0.2, 0.25) is 5.29 Å². The van der Waals surface area contributed by atoms with Crippen molar-refractivity contribution in [3.8, 4) is 0 Å². The second kappa shape index (κ2) is 4.07. The van der Waals surface area contributed by atoms with Crippen molar-refractivity contribution in [2.75, 3.05) is 6.26 Å². The third-order valence-corrected chi connectivity index (χ3v) is 2.23. The number of rotatable bonds is 3. The Morgan fingerprint density at radius 2 is 2.33 bits per heavy atom. The quantitative estimate of drug-likeness (QED) is 0.606. The van der Waals surface area contributed by atoms with Crippen LogP contribution in [0.25, 0.3) is 0 Å². The first-order chi connectivity index (χ1) is 6.74. The lowest BCUT2D eigenvalue weighted by molar-refractivity contribution is -0.00107. The maximum atomic E-state index is 13.8. The molecule has 0 saturated carbocycles. The van der Waals surface area contributed by atoms with Gasteiger partial charge in [0.1, 0.15) is 0 Å². The van der Waals surface area contributed by atoms with E-state index in [1.165, 1.54) is 0 Å². The summed E-state index contributed by atoms with van der Waals surface area (Å²) in [6.07, 6.45) is 2.11. The molecule has 0 spiro atoms. The fraction of sp³-hybridized carbons (Fsp3) is 0.571. The molecule has 1 rings (SSSR count). The summed E-state index contributed by atoms with van der Waals surface area (Å²) in [6, 6.07) is 0. The summed E-state index contributed by atoms with van der Waals surface area (Å²) in [6.45, 7) is 1.75. The van der Waals surface area contributed by atoms with E-state index in [-0.39, 0.29) is 5.29 Å². The predicted octanol–water partition coefficient (Wildman–Crippen LogP) is 1.08. The number of hydrogen-bond donors (Lipinski definition) is 1. The van der Waals surface area contributed by atoms with Gasteiger partial charge in [-0.05, 0) is 18.0 Å². The lowest BCUT2D eigenvalue weighted by atomic mass is 10.3. The summed E-state index contributed by atoms with van der Waals surface area (Å²) >= 11 is 5.49. The predicted molar refractivity (Wildman–Crippen MR) is 54.6 cm³/mol. The van der Waals surface area contributed by atoms with Crippen LogP contribution in [0, 0.1) is 0 Å². The standard InChI is InChI=1S/C7H10ClFN2O3S/c1-3-5-4-7(9,11-6(8)10-5)14-15(2,12)13/h4H,3H2,1-2H3,(H,10,11). The molecular weight excluding hydrogens is 247 g/mol. The lowest BCUT2D eigenvalue weighted by Crippen LogP contribution is -2.35. The Morgan fingerprint density at radius 1 is 1.73 bits per heavy atom. The van der Waals surface area contributed by atoms with Crippen molar-refractivity contribution in [2.45, 2.75) is 19.3 Å². The molecule has 1 atom stereocenters. The van der Waals surface area contributed by atoms with Gasteiger partial charge in [-0.2, -0.15) is 17.8 Å². The molecule has 1 N–H and O–H groups in total. The van der Waals surface area contributed by atoms with Crippen LogP contribution in [0.5, 0.6) is 0 Å². The number of halogens is 2. The van der Waals surface area contributed by atoms with Crippen molar-refractivity contribution in [1.82, 2.24) is 5.32 Å². The summed E-state index contributed by atoms with van der Waals surface area (Å²) in [4.78, 5) is 3.22. The number of nitrogens with zero attached hydrogens (tertiary/aromatic N) is 1. The molecule has 0 bridgehead atoms. The first kappa shape index (κ1) is 12.4. The van der Waals surface area contributed by atoms with E-state index in [0.29, 0.717) is 12.1 Å². The van der Waals surface area contributed by atoms with Gasteiger partial charge in [-0.15, -0.1) is 0 Å². The highest BCUT2D eigenvalue weighted by Crippen LogP contribution is 2.25. The van der Waals surface area contributed by atoms with Crippen molar-refractivity contribution in [1.29, 1.82) is 0 Å². The van der Waals surface area contributed by atoms with Gasteiger partial charge in [0.15, 0.2) is 0 Å². The number of alkyl halides is 1. The van der Waals surface area contributed by atoms with E-state index < -0.39 is 16.1 Å². The third-order valence-electron chi connectivity index (χ3n) is 1.52. The number of hydrogen-bond acceptors (Lipinski definition) is 5. The van der Waals surface area contributed by atoms with Gasteiger partial charge in [-0.1, -0.05) is 6.92 Å². The second-order valence-electron chi connectivity index (χ2n) is 2.95. The maximum absolute atomic E-state index is 13.8. The molecule has 0 amide bonds. The molecule has 1 aliphatic heterocycles. The van der Waals surface area contributed by atoms with Gasteiger partial charge >= 0.3 is 5.98 Å². The Morgan fingerprint density at radius 3 is 2.80 bits per heavy atom. The molecule has 0 aromatic heterocycles. The van der Waals surface area contributed by atoms with Gasteiger partial charge in [0, 0.05) is 11.8 Å². The van der Waals surface area contributed by atoms with Crippen molar-refractivity contribution in [2.24, 2.45) is 4.99 Å². The second-order valence-corrected chi connectivity index (χ2v) is 4.88. The Balaban J connectivity index is 3.01. The molecule has 5 nitrogen and oxygen atoms in total. The monoisotopic (exact) mass is 256 g/mol. The summed E-state index contributed by atoms with van der Waals surface area (Å²) in [5.74, 6) is -2.75. The summed E-state index contributed by atoms with van der Waals surface area (Å²) in [5.41, 5.74) is 0.404. The van der Waals surface area contributed by atoms with Gasteiger partial charge in [0.25, 0.3) is 10.1 Å². The SMILES string of the molecule is CCC1=CC(F)(OS(C)(=O)=O)N=C(Cl)N1. The van der Waals surface area contributed by atoms with Crippen LogP contribution in [-0.4, -0.2) is 25.9 Å². The van der Waals surface area contributed by atoms with Crippen LogP contribution in [0.15, 0.2) is 16.8 Å². The number of allylic oxidation sites excluding steroid dienone is 1. The Kier molecular flexibility index (Phi) is 3.37. The number of nitrogens with one attached hydrogen (secondary N) is 1. The van der Waals surface area contributed by atoms with Crippen LogP contribution in [0.1, 0.15) is 13.3 Å². The molecule has 0 saturated heterocycles. The molecule has 8 heteroatoms. The van der Waals surface area contributed by atoms with Gasteiger partial charge < -0.3 is 5.32 Å². The molecule has 0 aromatic carbocycles. The van der Waals surface area contributed by atoms with Crippen molar-refractivity contribution in [3.63, 3.8) is 0 Å². The van der Waals surface area contributed by atoms with Crippen LogP contribution < -0.4 is 5.32 Å². The van der Waals surface area contributed by atoms with Crippen molar-refractivity contribution >= 4 is 27.0 Å². The first-order valence-corrected chi connectivity index (χ1v) is 6.27. The van der Waals surface area contributed by atoms with E-state index in [2.05, 4.69) is 14.5 Å². The van der Waals surface area contributed by atoms with E-state index >= 15 is 0 Å². The summed E-state index contributed by atoms with van der Waals surface area (Å²) in [7, 11) is -3.95. The van der Waals surface area contributed by atoms with Crippen molar-refractivity contribution in [3.05, 3.63) is 11.8 Å². The molecule has 0 radical (unpaired) electrons. The van der Waals surface area contributed by atoms with Gasteiger partial charge in [-0.25, -0.2) is 4.18 Å². The van der Waals surface area contributed by atoms with E-state index in [9.17, 15) is 12.8 Å². The van der Waals surface area contributed by atoms with Crippen LogP contribution in [0.4, 0.5) is 4.39 Å². The van der Waals surface area contributed by atoms with E-state index in [1.807, 2.05) is 0 Å². The topological polar surface area (TPSA) is 67.8 Å². The molecule has 0 aromatic rings. The molecule has 1 aliphatic rings. The average molecular weight is 257 g/mol. The largest absolute Gasteiger partial charge is 0.346 e. The van der Waals surface area contributed by atoms with Crippen LogP contribution in [-0.2, 0) is 14.3 Å². The van der Waals surface area contributed by atoms with Crippen LogP contribution in [0.3, 0.4) is 0 Å².